The van der Waals surface area contributed by atoms with Gasteiger partial charge in [0.15, 0.2) is 5.11 Å². The SMILES string of the molecule is CCc1ccccc1NC(=S)NNC(=O)Cn1nc(C)cc1C. The van der Waals surface area contributed by atoms with E-state index in [2.05, 4.69) is 28.2 Å². The van der Waals surface area contributed by atoms with E-state index in [1.165, 1.54) is 0 Å². The monoisotopic (exact) mass is 331 g/mol. The standard InChI is InChI=1S/C16H21N5OS/c1-4-13-7-5-6-8-14(13)17-16(23)19-18-15(22)10-21-12(3)9-11(2)20-21/h5-9H,4,10H2,1-3H3,(H,18,22)(H2,17,19,23). The predicted octanol–water partition coefficient (Wildman–Crippen LogP) is 2.08. The first-order chi connectivity index (χ1) is 11.0. The number of nitrogens with zero attached hydrogens (tertiary/aromatic N) is 2. The summed E-state index contributed by atoms with van der Waals surface area (Å²) in [7, 11) is 0. The smallest absolute Gasteiger partial charge is 0.260 e. The maximum absolute atomic E-state index is 11.9. The zero-order chi connectivity index (χ0) is 16.8. The van der Waals surface area contributed by atoms with Crippen LogP contribution in [-0.4, -0.2) is 20.8 Å². The Kier molecular flexibility index (Phi) is 5.70. The minimum atomic E-state index is -0.218. The van der Waals surface area contributed by atoms with E-state index < -0.39 is 0 Å². The molecule has 23 heavy (non-hydrogen) atoms. The largest absolute Gasteiger partial charge is 0.331 e. The van der Waals surface area contributed by atoms with Crippen molar-refractivity contribution in [3.05, 3.63) is 47.3 Å². The van der Waals surface area contributed by atoms with Crippen LogP contribution in [0.1, 0.15) is 23.9 Å². The number of nitrogens with one attached hydrogen (secondary N) is 3. The van der Waals surface area contributed by atoms with E-state index in [4.69, 9.17) is 12.2 Å². The minimum absolute atomic E-state index is 0.140. The van der Waals surface area contributed by atoms with Gasteiger partial charge in [0.2, 0.25) is 0 Å². The van der Waals surface area contributed by atoms with Crippen LogP contribution in [0.15, 0.2) is 30.3 Å². The van der Waals surface area contributed by atoms with Gasteiger partial charge in [-0.25, -0.2) is 0 Å². The lowest BCUT2D eigenvalue weighted by Gasteiger charge is -2.14. The first-order valence-electron chi connectivity index (χ1n) is 7.44. The summed E-state index contributed by atoms with van der Waals surface area (Å²) in [5.41, 5.74) is 9.19. The lowest BCUT2D eigenvalue weighted by Crippen LogP contribution is -2.45. The third-order valence-electron chi connectivity index (χ3n) is 3.36. The van der Waals surface area contributed by atoms with E-state index in [0.29, 0.717) is 5.11 Å². The molecule has 122 valence electrons. The maximum atomic E-state index is 11.9. The van der Waals surface area contributed by atoms with Gasteiger partial charge in [0.1, 0.15) is 6.54 Å². The third-order valence-corrected chi connectivity index (χ3v) is 3.56. The molecule has 1 aromatic carbocycles. The molecule has 6 nitrogen and oxygen atoms in total. The van der Waals surface area contributed by atoms with E-state index in [0.717, 1.165) is 29.1 Å². The van der Waals surface area contributed by atoms with Crippen LogP contribution in [0.25, 0.3) is 0 Å². The number of para-hydroxylation sites is 1. The van der Waals surface area contributed by atoms with Gasteiger partial charge in [0.05, 0.1) is 5.69 Å². The number of hydrazine groups is 1. The summed E-state index contributed by atoms with van der Waals surface area (Å²) >= 11 is 5.20. The van der Waals surface area contributed by atoms with Gasteiger partial charge in [-0.1, -0.05) is 25.1 Å². The molecule has 0 aliphatic rings. The minimum Gasteiger partial charge on any atom is -0.331 e. The highest BCUT2D eigenvalue weighted by Crippen LogP contribution is 2.14. The fraction of sp³-hybridized carbons (Fsp3) is 0.312. The van der Waals surface area contributed by atoms with Gasteiger partial charge in [-0.3, -0.25) is 20.3 Å². The van der Waals surface area contributed by atoms with Gasteiger partial charge >= 0.3 is 0 Å². The lowest BCUT2D eigenvalue weighted by atomic mass is 10.1. The zero-order valence-electron chi connectivity index (χ0n) is 13.5. The molecule has 0 spiro atoms. The normalized spacial score (nSPS) is 10.2. The number of aryl methyl sites for hydroxylation is 3. The second kappa shape index (κ2) is 7.73. The molecule has 0 aliphatic carbocycles. The summed E-state index contributed by atoms with van der Waals surface area (Å²) in [5, 5.41) is 7.67. The Morgan fingerprint density at radius 3 is 2.65 bits per heavy atom. The number of rotatable bonds is 4. The van der Waals surface area contributed by atoms with Gasteiger partial charge in [-0.05, 0) is 50.2 Å². The summed E-state index contributed by atoms with van der Waals surface area (Å²) in [6.45, 7) is 6.02. The Labute approximate surface area is 141 Å². The Hall–Kier alpha value is -2.41. The molecule has 0 fully saturated rings. The molecule has 1 amide bonds. The molecule has 0 saturated heterocycles. The van der Waals surface area contributed by atoms with Gasteiger partial charge < -0.3 is 5.32 Å². The molecule has 1 aromatic heterocycles. The molecule has 7 heteroatoms. The average molecular weight is 331 g/mol. The van der Waals surface area contributed by atoms with Crippen LogP contribution in [0.2, 0.25) is 0 Å². The van der Waals surface area contributed by atoms with Crippen molar-refractivity contribution in [2.45, 2.75) is 33.7 Å². The topological polar surface area (TPSA) is 71.0 Å². The number of benzene rings is 1. The average Bonchev–Trinajstić information content (AvgIpc) is 2.83. The maximum Gasteiger partial charge on any atom is 0.260 e. The summed E-state index contributed by atoms with van der Waals surface area (Å²) in [6, 6.07) is 9.83. The second-order valence-corrected chi connectivity index (χ2v) is 5.63. The predicted molar refractivity (Wildman–Crippen MR) is 95.0 cm³/mol. The number of carbonyl (C=O) groups is 1. The van der Waals surface area contributed by atoms with E-state index in [-0.39, 0.29) is 12.5 Å². The van der Waals surface area contributed by atoms with E-state index >= 15 is 0 Å². The molecule has 0 aliphatic heterocycles. The highest BCUT2D eigenvalue weighted by atomic mass is 32.1. The first kappa shape index (κ1) is 17.0. The zero-order valence-corrected chi connectivity index (χ0v) is 14.3. The molecule has 0 unspecified atom stereocenters. The molecule has 0 radical (unpaired) electrons. The van der Waals surface area contributed by atoms with Crippen LogP contribution >= 0.6 is 12.2 Å². The van der Waals surface area contributed by atoms with Gasteiger partial charge in [0.25, 0.3) is 5.91 Å². The van der Waals surface area contributed by atoms with Crippen LogP contribution in [0.5, 0.6) is 0 Å². The number of thiocarbonyl (C=S) groups is 1. The first-order valence-corrected chi connectivity index (χ1v) is 7.85. The van der Waals surface area contributed by atoms with Crippen LogP contribution in [0.4, 0.5) is 5.69 Å². The number of anilines is 1. The Balaban J connectivity index is 1.84. The Morgan fingerprint density at radius 1 is 1.26 bits per heavy atom. The van der Waals surface area contributed by atoms with Crippen molar-refractivity contribution in [3.8, 4) is 0 Å². The number of aromatic nitrogens is 2. The molecular formula is C16H21N5OS. The highest BCUT2D eigenvalue weighted by molar-refractivity contribution is 7.80. The second-order valence-electron chi connectivity index (χ2n) is 5.22. The quantitative estimate of drug-likeness (QED) is 0.591. The van der Waals surface area contributed by atoms with Crippen molar-refractivity contribution in [2.24, 2.45) is 0 Å². The van der Waals surface area contributed by atoms with Crippen LogP contribution in [0.3, 0.4) is 0 Å². The van der Waals surface area contributed by atoms with Crippen molar-refractivity contribution in [3.63, 3.8) is 0 Å². The van der Waals surface area contributed by atoms with Crippen LogP contribution in [-0.2, 0) is 17.8 Å². The van der Waals surface area contributed by atoms with E-state index in [1.54, 1.807) is 4.68 Å². The Bertz CT molecular complexity index is 710. The number of carbonyl (C=O) groups excluding carboxylic acids is 1. The Morgan fingerprint density at radius 2 is 2.00 bits per heavy atom. The van der Waals surface area contributed by atoms with Crippen LogP contribution in [0, 0.1) is 13.8 Å². The van der Waals surface area contributed by atoms with E-state index in [9.17, 15) is 4.79 Å². The fourth-order valence-electron chi connectivity index (χ4n) is 2.24. The van der Waals surface area contributed by atoms with E-state index in [1.807, 2.05) is 44.2 Å². The molecule has 3 N–H and O–H groups in total. The molecule has 2 aromatic rings. The molecular weight excluding hydrogens is 310 g/mol. The van der Waals surface area contributed by atoms with Crippen molar-refractivity contribution in [1.82, 2.24) is 20.6 Å². The van der Waals surface area contributed by atoms with Gasteiger partial charge in [-0.15, -0.1) is 0 Å². The number of amides is 1. The van der Waals surface area contributed by atoms with Crippen molar-refractivity contribution >= 4 is 28.9 Å². The van der Waals surface area contributed by atoms with Crippen LogP contribution < -0.4 is 16.2 Å². The number of hydrogen-bond acceptors (Lipinski definition) is 3. The number of hydrogen-bond donors (Lipinski definition) is 3. The molecule has 1 heterocycles. The third kappa shape index (κ3) is 4.79. The van der Waals surface area contributed by atoms with Crippen molar-refractivity contribution in [2.75, 3.05) is 5.32 Å². The molecule has 0 bridgehead atoms. The lowest BCUT2D eigenvalue weighted by molar-refractivity contribution is -0.122. The summed E-state index contributed by atoms with van der Waals surface area (Å²) in [6.07, 6.45) is 0.899. The summed E-state index contributed by atoms with van der Waals surface area (Å²) in [5.74, 6) is -0.218. The molecule has 2 rings (SSSR count). The summed E-state index contributed by atoms with van der Waals surface area (Å²) in [4.78, 5) is 11.9. The van der Waals surface area contributed by atoms with Crippen molar-refractivity contribution in [1.29, 1.82) is 0 Å². The van der Waals surface area contributed by atoms with Gasteiger partial charge in [-0.2, -0.15) is 5.10 Å². The molecule has 0 atom stereocenters. The van der Waals surface area contributed by atoms with Gasteiger partial charge in [0, 0.05) is 11.4 Å². The van der Waals surface area contributed by atoms with Crippen molar-refractivity contribution < 1.29 is 4.79 Å². The molecule has 0 saturated carbocycles. The highest BCUT2D eigenvalue weighted by Gasteiger charge is 2.08. The summed E-state index contributed by atoms with van der Waals surface area (Å²) < 4.78 is 1.65. The fourth-order valence-corrected chi connectivity index (χ4v) is 2.40.